The summed E-state index contributed by atoms with van der Waals surface area (Å²) in [5, 5.41) is 0. The van der Waals surface area contributed by atoms with Crippen molar-refractivity contribution < 1.29 is 14.3 Å². The highest BCUT2D eigenvalue weighted by atomic mass is 16.5. The van der Waals surface area contributed by atoms with Crippen molar-refractivity contribution in [2.75, 3.05) is 6.61 Å². The molecule has 1 atom stereocenters. The number of carbonyl (C=O) groups is 1. The van der Waals surface area contributed by atoms with Crippen LogP contribution in [0.5, 0.6) is 5.75 Å². The van der Waals surface area contributed by atoms with Crippen molar-refractivity contribution in [3.05, 3.63) is 29.3 Å². The molecule has 2 rings (SSSR count). The van der Waals surface area contributed by atoms with Crippen LogP contribution < -0.4 is 4.74 Å². The van der Waals surface area contributed by atoms with E-state index in [0.29, 0.717) is 17.9 Å². The number of para-hydroxylation sites is 1. The molecule has 1 aromatic rings. The van der Waals surface area contributed by atoms with Crippen molar-refractivity contribution >= 4 is 5.97 Å². The molecule has 0 N–H and O–H groups in total. The highest BCUT2D eigenvalue weighted by molar-refractivity contribution is 5.93. The maximum absolute atomic E-state index is 11.6. The quantitative estimate of drug-likeness (QED) is 0.696. The molecule has 0 aliphatic carbocycles. The molecule has 0 amide bonds. The van der Waals surface area contributed by atoms with Crippen LogP contribution >= 0.6 is 0 Å². The molecule has 1 aliphatic heterocycles. The number of carbonyl (C=O) groups excluding carboxylic acids is 1. The first-order valence-corrected chi connectivity index (χ1v) is 5.18. The summed E-state index contributed by atoms with van der Waals surface area (Å²) in [6, 6.07) is 5.60. The van der Waals surface area contributed by atoms with Gasteiger partial charge in [0.1, 0.15) is 17.4 Å². The van der Waals surface area contributed by atoms with Gasteiger partial charge in [-0.1, -0.05) is 12.1 Å². The average molecular weight is 206 g/mol. The van der Waals surface area contributed by atoms with Gasteiger partial charge in [0.25, 0.3) is 0 Å². The summed E-state index contributed by atoms with van der Waals surface area (Å²) in [7, 11) is 0. The Hall–Kier alpha value is -1.51. The zero-order chi connectivity index (χ0) is 10.8. The van der Waals surface area contributed by atoms with Crippen LogP contribution in [0.25, 0.3) is 0 Å². The monoisotopic (exact) mass is 206 g/mol. The summed E-state index contributed by atoms with van der Waals surface area (Å²) in [5.41, 5.74) is 1.63. The maximum atomic E-state index is 11.6. The second-order valence-electron chi connectivity index (χ2n) is 3.65. The third-order valence-electron chi connectivity index (χ3n) is 2.42. The van der Waals surface area contributed by atoms with Crippen molar-refractivity contribution in [3.63, 3.8) is 0 Å². The van der Waals surface area contributed by atoms with Gasteiger partial charge in [0.2, 0.25) is 0 Å². The van der Waals surface area contributed by atoms with E-state index in [1.54, 1.807) is 13.0 Å². The van der Waals surface area contributed by atoms with Crippen LogP contribution in [0.15, 0.2) is 18.2 Å². The van der Waals surface area contributed by atoms with E-state index in [0.717, 1.165) is 12.0 Å². The van der Waals surface area contributed by atoms with Gasteiger partial charge in [-0.25, -0.2) is 4.79 Å². The van der Waals surface area contributed by atoms with Crippen molar-refractivity contribution in [1.29, 1.82) is 0 Å². The maximum Gasteiger partial charge on any atom is 0.341 e. The predicted octanol–water partition coefficient (Wildman–Crippen LogP) is 2.19. The number of esters is 1. The minimum Gasteiger partial charge on any atom is -0.489 e. The zero-order valence-electron chi connectivity index (χ0n) is 8.95. The Morgan fingerprint density at radius 2 is 2.40 bits per heavy atom. The first-order chi connectivity index (χ1) is 7.22. The molecule has 1 unspecified atom stereocenters. The number of rotatable bonds is 2. The van der Waals surface area contributed by atoms with Crippen LogP contribution in [0.3, 0.4) is 0 Å². The molecule has 0 radical (unpaired) electrons. The lowest BCUT2D eigenvalue weighted by Gasteiger charge is -2.08. The van der Waals surface area contributed by atoms with Gasteiger partial charge in [-0.2, -0.15) is 0 Å². The second kappa shape index (κ2) is 3.93. The molecule has 0 spiro atoms. The first kappa shape index (κ1) is 10.0. The van der Waals surface area contributed by atoms with Crippen molar-refractivity contribution in [2.45, 2.75) is 26.4 Å². The minimum absolute atomic E-state index is 0.149. The Balaban J connectivity index is 2.34. The normalized spacial score (nSPS) is 18.1. The van der Waals surface area contributed by atoms with Crippen molar-refractivity contribution in [3.8, 4) is 5.75 Å². The molecule has 0 bridgehead atoms. The molecule has 15 heavy (non-hydrogen) atoms. The second-order valence-corrected chi connectivity index (χ2v) is 3.65. The van der Waals surface area contributed by atoms with Crippen LogP contribution in [0, 0.1) is 0 Å². The lowest BCUT2D eigenvalue weighted by Crippen LogP contribution is -2.09. The van der Waals surface area contributed by atoms with E-state index >= 15 is 0 Å². The fourth-order valence-electron chi connectivity index (χ4n) is 1.81. The van der Waals surface area contributed by atoms with Crippen LogP contribution in [0.1, 0.15) is 29.8 Å². The van der Waals surface area contributed by atoms with Crippen LogP contribution in [0.2, 0.25) is 0 Å². The number of ether oxygens (including phenoxy) is 2. The minimum atomic E-state index is -0.302. The number of hydrogen-bond acceptors (Lipinski definition) is 3. The predicted molar refractivity (Wildman–Crippen MR) is 56.2 cm³/mol. The fraction of sp³-hybridized carbons (Fsp3) is 0.417. The largest absolute Gasteiger partial charge is 0.489 e. The molecule has 1 aliphatic rings. The van der Waals surface area contributed by atoms with Gasteiger partial charge in [0, 0.05) is 6.42 Å². The highest BCUT2D eigenvalue weighted by Gasteiger charge is 2.25. The summed E-state index contributed by atoms with van der Waals surface area (Å²) < 4.78 is 10.6. The third kappa shape index (κ3) is 1.82. The highest BCUT2D eigenvalue weighted by Crippen LogP contribution is 2.32. The molecule has 0 aromatic heterocycles. The van der Waals surface area contributed by atoms with Crippen LogP contribution in [-0.4, -0.2) is 18.7 Å². The number of benzene rings is 1. The Morgan fingerprint density at radius 3 is 3.13 bits per heavy atom. The fourth-order valence-corrected chi connectivity index (χ4v) is 1.81. The molecule has 0 saturated carbocycles. The van der Waals surface area contributed by atoms with Crippen molar-refractivity contribution in [1.82, 2.24) is 0 Å². The van der Waals surface area contributed by atoms with Crippen molar-refractivity contribution in [2.24, 2.45) is 0 Å². The van der Waals surface area contributed by atoms with Gasteiger partial charge in [0.05, 0.1) is 6.61 Å². The smallest absolute Gasteiger partial charge is 0.341 e. The summed E-state index contributed by atoms with van der Waals surface area (Å²) >= 11 is 0. The standard InChI is InChI=1S/C12H14O3/c1-3-14-12(13)10-6-4-5-9-7-8(2)15-11(9)10/h4-6,8H,3,7H2,1-2H3. The summed E-state index contributed by atoms with van der Waals surface area (Å²) in [4.78, 5) is 11.6. The van der Waals surface area contributed by atoms with Gasteiger partial charge in [0.15, 0.2) is 0 Å². The van der Waals surface area contributed by atoms with Crippen LogP contribution in [-0.2, 0) is 11.2 Å². The molecule has 3 nitrogen and oxygen atoms in total. The van der Waals surface area contributed by atoms with Gasteiger partial charge < -0.3 is 9.47 Å². The molecule has 1 heterocycles. The number of hydrogen-bond donors (Lipinski definition) is 0. The van der Waals surface area contributed by atoms with Gasteiger partial charge in [-0.15, -0.1) is 0 Å². The Morgan fingerprint density at radius 1 is 1.60 bits per heavy atom. The van der Waals surface area contributed by atoms with E-state index in [1.165, 1.54) is 0 Å². The summed E-state index contributed by atoms with van der Waals surface area (Å²) in [5.74, 6) is 0.395. The molecular formula is C12H14O3. The third-order valence-corrected chi connectivity index (χ3v) is 2.42. The Kier molecular flexibility index (Phi) is 2.62. The summed E-state index contributed by atoms with van der Waals surface area (Å²) in [6.07, 6.45) is 1.01. The Bertz CT molecular complexity index is 384. The van der Waals surface area contributed by atoms with Crippen LogP contribution in [0.4, 0.5) is 0 Å². The Labute approximate surface area is 89.0 Å². The molecule has 0 saturated heterocycles. The van der Waals surface area contributed by atoms with Gasteiger partial charge >= 0.3 is 5.97 Å². The topological polar surface area (TPSA) is 35.5 Å². The molecule has 0 fully saturated rings. The van der Waals surface area contributed by atoms with E-state index in [4.69, 9.17) is 9.47 Å². The molecule has 1 aromatic carbocycles. The van der Waals surface area contributed by atoms with E-state index in [9.17, 15) is 4.79 Å². The lowest BCUT2D eigenvalue weighted by molar-refractivity contribution is 0.0521. The molecule has 3 heteroatoms. The lowest BCUT2D eigenvalue weighted by atomic mass is 10.1. The van der Waals surface area contributed by atoms with E-state index in [1.807, 2.05) is 19.1 Å². The van der Waals surface area contributed by atoms with Gasteiger partial charge in [-0.3, -0.25) is 0 Å². The number of fused-ring (bicyclic) bond motifs is 1. The molecule has 80 valence electrons. The first-order valence-electron chi connectivity index (χ1n) is 5.18. The van der Waals surface area contributed by atoms with E-state index in [2.05, 4.69) is 0 Å². The van der Waals surface area contributed by atoms with E-state index in [-0.39, 0.29) is 12.1 Å². The zero-order valence-corrected chi connectivity index (χ0v) is 8.95. The van der Waals surface area contributed by atoms with E-state index < -0.39 is 0 Å². The summed E-state index contributed by atoms with van der Waals surface area (Å²) in [6.45, 7) is 4.18. The average Bonchev–Trinajstić information content (AvgIpc) is 2.57. The van der Waals surface area contributed by atoms with Gasteiger partial charge in [-0.05, 0) is 25.5 Å². The SMILES string of the molecule is CCOC(=O)c1cccc2c1OC(C)C2. The molecular weight excluding hydrogens is 192 g/mol.